The number of para-hydroxylation sites is 1. The van der Waals surface area contributed by atoms with Gasteiger partial charge in [-0.3, -0.25) is 4.99 Å². The van der Waals surface area contributed by atoms with Crippen molar-refractivity contribution < 1.29 is 0 Å². The first-order valence-electron chi connectivity index (χ1n) is 7.86. The molecular weight excluding hydrogens is 278 g/mol. The fourth-order valence-electron chi connectivity index (χ4n) is 2.49. The van der Waals surface area contributed by atoms with Crippen LogP contribution in [0, 0.1) is 5.92 Å². The molecule has 0 aromatic heterocycles. The molecule has 1 aromatic rings. The molecule has 0 aliphatic carbocycles. The van der Waals surface area contributed by atoms with E-state index in [-0.39, 0.29) is 0 Å². The van der Waals surface area contributed by atoms with Crippen molar-refractivity contribution in [3.8, 4) is 0 Å². The zero-order chi connectivity index (χ0) is 15.1. The van der Waals surface area contributed by atoms with Gasteiger partial charge < -0.3 is 10.2 Å². The van der Waals surface area contributed by atoms with Gasteiger partial charge in [0.1, 0.15) is 0 Å². The minimum atomic E-state index is 0.680. The van der Waals surface area contributed by atoms with E-state index in [0.29, 0.717) is 5.25 Å². The highest BCUT2D eigenvalue weighted by Crippen LogP contribution is 2.25. The van der Waals surface area contributed by atoms with E-state index in [4.69, 9.17) is 0 Å². The largest absolute Gasteiger partial charge is 0.375 e. The lowest BCUT2D eigenvalue weighted by Gasteiger charge is -2.19. The first-order valence-corrected chi connectivity index (χ1v) is 8.74. The van der Waals surface area contributed by atoms with Gasteiger partial charge in [-0.1, -0.05) is 43.8 Å². The molecule has 0 amide bonds. The Bertz CT molecular complexity index is 445. The Hall–Kier alpha value is -1.16. The highest BCUT2D eigenvalue weighted by Gasteiger charge is 2.19. The summed E-state index contributed by atoms with van der Waals surface area (Å²) in [6.07, 6.45) is 2.38. The van der Waals surface area contributed by atoms with Gasteiger partial charge in [0.05, 0.1) is 6.54 Å². The Morgan fingerprint density at radius 3 is 2.81 bits per heavy atom. The van der Waals surface area contributed by atoms with E-state index < -0.39 is 0 Å². The molecule has 116 valence electrons. The molecule has 0 spiro atoms. The number of nitrogens with zero attached hydrogens (tertiary/aromatic N) is 2. The lowest BCUT2D eigenvalue weighted by Crippen LogP contribution is -2.26. The molecule has 1 aliphatic rings. The van der Waals surface area contributed by atoms with Crippen molar-refractivity contribution in [2.75, 3.05) is 31.6 Å². The third kappa shape index (κ3) is 5.62. The Labute approximate surface area is 133 Å². The Balaban J connectivity index is 1.60. The summed E-state index contributed by atoms with van der Waals surface area (Å²) >= 11 is 1.92. The van der Waals surface area contributed by atoms with Crippen LogP contribution in [0.4, 0.5) is 5.69 Å². The van der Waals surface area contributed by atoms with Crippen LogP contribution in [0.25, 0.3) is 0 Å². The van der Waals surface area contributed by atoms with Crippen molar-refractivity contribution in [2.45, 2.75) is 31.9 Å². The van der Waals surface area contributed by atoms with Gasteiger partial charge in [-0.05, 0) is 30.9 Å². The first-order chi connectivity index (χ1) is 10.1. The zero-order valence-corrected chi connectivity index (χ0v) is 14.2. The van der Waals surface area contributed by atoms with Crippen LogP contribution in [0.1, 0.15) is 26.7 Å². The maximum Gasteiger partial charge on any atom is 0.156 e. The molecule has 1 aliphatic heterocycles. The zero-order valence-electron chi connectivity index (χ0n) is 13.4. The molecular formula is C17H27N3S. The molecule has 21 heavy (non-hydrogen) atoms. The SMILES string of the molecule is CC(C)CC1CN=C(NCCCN(C)c2ccccc2)S1. The second-order valence-corrected chi connectivity index (χ2v) is 7.34. The molecule has 1 aromatic carbocycles. The summed E-state index contributed by atoms with van der Waals surface area (Å²) in [5.41, 5.74) is 1.28. The maximum atomic E-state index is 4.60. The van der Waals surface area contributed by atoms with Crippen LogP contribution in [0.15, 0.2) is 35.3 Å². The van der Waals surface area contributed by atoms with Gasteiger partial charge in [0, 0.05) is 31.1 Å². The number of benzene rings is 1. The molecule has 0 fully saturated rings. The molecule has 1 atom stereocenters. The van der Waals surface area contributed by atoms with Crippen LogP contribution in [0.3, 0.4) is 0 Å². The second-order valence-electron chi connectivity index (χ2n) is 6.05. The number of nitrogens with one attached hydrogen (secondary N) is 1. The van der Waals surface area contributed by atoms with E-state index in [0.717, 1.165) is 37.1 Å². The molecule has 4 heteroatoms. The summed E-state index contributed by atoms with van der Waals surface area (Å²) in [5.74, 6) is 0.761. The smallest absolute Gasteiger partial charge is 0.156 e. The van der Waals surface area contributed by atoms with E-state index in [1.54, 1.807) is 0 Å². The molecule has 1 heterocycles. The average Bonchev–Trinajstić information content (AvgIpc) is 2.91. The molecule has 1 N–H and O–H groups in total. The Morgan fingerprint density at radius 1 is 1.33 bits per heavy atom. The average molecular weight is 305 g/mol. The number of amidine groups is 1. The van der Waals surface area contributed by atoms with Gasteiger partial charge in [-0.25, -0.2) is 0 Å². The molecule has 0 radical (unpaired) electrons. The minimum Gasteiger partial charge on any atom is -0.375 e. The quantitative estimate of drug-likeness (QED) is 0.780. The predicted molar refractivity (Wildman–Crippen MR) is 95.5 cm³/mol. The van der Waals surface area contributed by atoms with Crippen LogP contribution < -0.4 is 10.2 Å². The van der Waals surface area contributed by atoms with Crippen LogP contribution in [0.5, 0.6) is 0 Å². The van der Waals surface area contributed by atoms with Gasteiger partial charge in [-0.2, -0.15) is 0 Å². The first kappa shape index (κ1) is 16.2. The fraction of sp³-hybridized carbons (Fsp3) is 0.588. The maximum absolute atomic E-state index is 4.60. The molecule has 0 saturated heterocycles. The van der Waals surface area contributed by atoms with Crippen molar-refractivity contribution in [3.63, 3.8) is 0 Å². The van der Waals surface area contributed by atoms with Crippen LogP contribution in [-0.2, 0) is 0 Å². The van der Waals surface area contributed by atoms with Gasteiger partial charge in [0.15, 0.2) is 5.17 Å². The van der Waals surface area contributed by atoms with E-state index in [1.165, 1.54) is 12.1 Å². The Kier molecular flexibility index (Phi) is 6.43. The normalized spacial score (nSPS) is 17.9. The second kappa shape index (κ2) is 8.32. The lowest BCUT2D eigenvalue weighted by atomic mass is 10.1. The molecule has 1 unspecified atom stereocenters. The third-order valence-electron chi connectivity index (χ3n) is 3.59. The van der Waals surface area contributed by atoms with Crippen LogP contribution in [0.2, 0.25) is 0 Å². The summed E-state index contributed by atoms with van der Waals surface area (Å²) < 4.78 is 0. The number of aliphatic imine (C=N–C) groups is 1. The van der Waals surface area contributed by atoms with E-state index >= 15 is 0 Å². The minimum absolute atomic E-state index is 0.680. The van der Waals surface area contributed by atoms with E-state index in [9.17, 15) is 0 Å². The molecule has 0 bridgehead atoms. The molecule has 2 rings (SSSR count). The highest BCUT2D eigenvalue weighted by atomic mass is 32.2. The third-order valence-corrected chi connectivity index (χ3v) is 4.77. The Morgan fingerprint density at radius 2 is 2.10 bits per heavy atom. The number of anilines is 1. The van der Waals surface area contributed by atoms with E-state index in [1.807, 2.05) is 11.8 Å². The van der Waals surface area contributed by atoms with Crippen LogP contribution in [-0.4, -0.2) is 37.1 Å². The summed E-state index contributed by atoms with van der Waals surface area (Å²) in [5, 5.41) is 5.30. The van der Waals surface area contributed by atoms with Gasteiger partial charge in [0.25, 0.3) is 0 Å². The van der Waals surface area contributed by atoms with Crippen molar-refractivity contribution in [1.82, 2.24) is 5.32 Å². The molecule has 0 saturated carbocycles. The standard InChI is InChI=1S/C17H27N3S/c1-14(2)12-16-13-19-17(21-16)18-10-7-11-20(3)15-8-5-4-6-9-15/h4-6,8-9,14,16H,7,10-13H2,1-3H3,(H,18,19). The molecule has 3 nitrogen and oxygen atoms in total. The van der Waals surface area contributed by atoms with E-state index in [2.05, 4.69) is 66.4 Å². The van der Waals surface area contributed by atoms with Gasteiger partial charge in [-0.15, -0.1) is 0 Å². The lowest BCUT2D eigenvalue weighted by molar-refractivity contribution is 0.575. The van der Waals surface area contributed by atoms with Crippen molar-refractivity contribution >= 4 is 22.6 Å². The van der Waals surface area contributed by atoms with Crippen LogP contribution >= 0.6 is 11.8 Å². The summed E-state index contributed by atoms with van der Waals surface area (Å²) in [7, 11) is 2.15. The van der Waals surface area contributed by atoms with Crippen molar-refractivity contribution in [2.24, 2.45) is 10.9 Å². The number of rotatable bonds is 7. The topological polar surface area (TPSA) is 27.6 Å². The summed E-state index contributed by atoms with van der Waals surface area (Å²) in [6, 6.07) is 10.5. The number of hydrogen-bond donors (Lipinski definition) is 1. The fourth-order valence-corrected chi connectivity index (χ4v) is 3.77. The highest BCUT2D eigenvalue weighted by molar-refractivity contribution is 8.14. The van der Waals surface area contributed by atoms with Gasteiger partial charge >= 0.3 is 0 Å². The van der Waals surface area contributed by atoms with Gasteiger partial charge in [0.2, 0.25) is 0 Å². The monoisotopic (exact) mass is 305 g/mol. The number of hydrogen-bond acceptors (Lipinski definition) is 4. The number of thioether (sulfide) groups is 1. The predicted octanol–water partition coefficient (Wildman–Crippen LogP) is 3.62. The van der Waals surface area contributed by atoms with Crippen molar-refractivity contribution in [1.29, 1.82) is 0 Å². The summed E-state index contributed by atoms with van der Waals surface area (Å²) in [6.45, 7) is 7.60. The van der Waals surface area contributed by atoms with Crippen molar-refractivity contribution in [3.05, 3.63) is 30.3 Å². The summed E-state index contributed by atoms with van der Waals surface area (Å²) in [4.78, 5) is 6.90.